The number of allylic oxidation sites excluding steroid dienone is 1. The Morgan fingerprint density at radius 3 is 3.08 bits per heavy atom. The van der Waals surface area contributed by atoms with E-state index in [4.69, 9.17) is 5.26 Å². The summed E-state index contributed by atoms with van der Waals surface area (Å²) in [6, 6.07) is 9.68. The predicted octanol–water partition coefficient (Wildman–Crippen LogP) is 1.81. The number of nitrogens with zero attached hydrogens (tertiary/aromatic N) is 2. The van der Waals surface area contributed by atoms with Crippen LogP contribution < -0.4 is 5.32 Å². The lowest BCUT2D eigenvalue weighted by Gasteiger charge is -2.13. The second-order valence-electron chi connectivity index (χ2n) is 2.61. The molecule has 0 bridgehead atoms. The molecule has 0 spiro atoms. The fourth-order valence-corrected chi connectivity index (χ4v) is 1.25. The number of hydrogen-bond acceptors (Lipinski definition) is 3. The Hall–Kier alpha value is -2.08. The topological polar surface area (TPSA) is 48.2 Å². The van der Waals surface area contributed by atoms with Gasteiger partial charge in [-0.2, -0.15) is 5.26 Å². The normalized spacial score (nSPS) is 16.1. The highest BCUT2D eigenvalue weighted by Gasteiger charge is 2.08. The quantitative estimate of drug-likeness (QED) is 0.602. The maximum atomic E-state index is 8.53. The van der Waals surface area contributed by atoms with Crippen molar-refractivity contribution in [2.45, 2.75) is 0 Å². The van der Waals surface area contributed by atoms with Crippen LogP contribution in [0.5, 0.6) is 0 Å². The lowest BCUT2D eigenvalue weighted by atomic mass is 10.1. The zero-order valence-corrected chi connectivity index (χ0v) is 6.86. The number of aliphatic imine (C=N–C) groups is 1. The Kier molecular flexibility index (Phi) is 1.81. The lowest BCUT2D eigenvalue weighted by Crippen LogP contribution is -2.12. The molecule has 13 heavy (non-hydrogen) atoms. The summed E-state index contributed by atoms with van der Waals surface area (Å²) < 4.78 is 0. The van der Waals surface area contributed by atoms with E-state index in [1.165, 1.54) is 6.08 Å². The molecule has 0 atom stereocenters. The molecule has 0 unspecified atom stereocenters. The van der Waals surface area contributed by atoms with Gasteiger partial charge in [0, 0.05) is 11.6 Å². The summed E-state index contributed by atoms with van der Waals surface area (Å²) in [5.74, 6) is 0. The molecule has 0 radical (unpaired) electrons. The molecule has 0 saturated heterocycles. The van der Waals surface area contributed by atoms with Gasteiger partial charge in [-0.05, 0) is 6.07 Å². The summed E-state index contributed by atoms with van der Waals surface area (Å²) in [5.41, 5.74) is 2.66. The average molecular weight is 169 g/mol. The van der Waals surface area contributed by atoms with E-state index in [0.717, 1.165) is 16.9 Å². The van der Waals surface area contributed by atoms with E-state index < -0.39 is 0 Å². The molecule has 1 aromatic carbocycles. The van der Waals surface area contributed by atoms with E-state index in [-0.39, 0.29) is 0 Å². The molecule has 1 heterocycles. The van der Waals surface area contributed by atoms with Gasteiger partial charge in [0.2, 0.25) is 0 Å². The van der Waals surface area contributed by atoms with Crippen molar-refractivity contribution in [3.63, 3.8) is 0 Å². The first kappa shape index (κ1) is 7.56. The summed E-state index contributed by atoms with van der Waals surface area (Å²) in [4.78, 5) is 4.14. The average Bonchev–Trinajstić information content (AvgIpc) is 2.19. The summed E-state index contributed by atoms with van der Waals surface area (Å²) in [7, 11) is 0. The zero-order chi connectivity index (χ0) is 9.10. The van der Waals surface area contributed by atoms with Gasteiger partial charge in [-0.1, -0.05) is 18.2 Å². The highest BCUT2D eigenvalue weighted by Crippen LogP contribution is 2.26. The molecule has 62 valence electrons. The smallest absolute Gasteiger partial charge is 0.0934 e. The fourth-order valence-electron chi connectivity index (χ4n) is 1.25. The zero-order valence-electron chi connectivity index (χ0n) is 6.86. The van der Waals surface area contributed by atoms with Gasteiger partial charge in [0.1, 0.15) is 0 Å². The van der Waals surface area contributed by atoms with Crippen LogP contribution in [0.15, 0.2) is 35.3 Å². The van der Waals surface area contributed by atoms with Crippen molar-refractivity contribution >= 4 is 17.7 Å². The minimum absolute atomic E-state index is 0.799. The molecular formula is C10H7N3. The van der Waals surface area contributed by atoms with Gasteiger partial charge in [-0.3, -0.25) is 0 Å². The van der Waals surface area contributed by atoms with Crippen LogP contribution in [0, 0.1) is 11.3 Å². The summed E-state index contributed by atoms with van der Waals surface area (Å²) in [5, 5.41) is 11.5. The molecule has 1 aromatic rings. The highest BCUT2D eigenvalue weighted by atomic mass is 15.0. The molecule has 0 fully saturated rings. The highest BCUT2D eigenvalue weighted by molar-refractivity contribution is 5.87. The third-order valence-corrected chi connectivity index (χ3v) is 1.83. The largest absolute Gasteiger partial charge is 0.345 e. The molecule has 1 aliphatic heterocycles. The Morgan fingerprint density at radius 2 is 2.23 bits per heavy atom. The number of fused-ring (bicyclic) bond motifs is 1. The van der Waals surface area contributed by atoms with Gasteiger partial charge >= 0.3 is 0 Å². The minimum Gasteiger partial charge on any atom is -0.345 e. The third kappa shape index (κ3) is 1.30. The number of nitriles is 1. The van der Waals surface area contributed by atoms with Crippen LogP contribution in [0.2, 0.25) is 0 Å². The SMILES string of the molecule is N#CC=C1NC=Nc2ccccc21. The van der Waals surface area contributed by atoms with Crippen LogP contribution in [0.25, 0.3) is 5.70 Å². The van der Waals surface area contributed by atoms with Crippen molar-refractivity contribution in [3.05, 3.63) is 35.9 Å². The van der Waals surface area contributed by atoms with E-state index in [1.807, 2.05) is 30.3 Å². The van der Waals surface area contributed by atoms with E-state index in [9.17, 15) is 0 Å². The molecule has 1 N–H and O–H groups in total. The first-order chi connectivity index (χ1) is 6.42. The van der Waals surface area contributed by atoms with Gasteiger partial charge < -0.3 is 5.32 Å². The first-order valence-corrected chi connectivity index (χ1v) is 3.90. The Bertz CT molecular complexity index is 424. The molecule has 0 saturated carbocycles. The Balaban J connectivity index is 2.57. The maximum Gasteiger partial charge on any atom is 0.0934 e. The van der Waals surface area contributed by atoms with E-state index in [2.05, 4.69) is 10.3 Å². The van der Waals surface area contributed by atoms with Crippen molar-refractivity contribution in [2.75, 3.05) is 0 Å². The summed E-state index contributed by atoms with van der Waals surface area (Å²) in [6.45, 7) is 0. The fraction of sp³-hybridized carbons (Fsp3) is 0. The number of benzene rings is 1. The van der Waals surface area contributed by atoms with Gasteiger partial charge in [0.15, 0.2) is 0 Å². The summed E-state index contributed by atoms with van der Waals surface area (Å²) >= 11 is 0. The van der Waals surface area contributed by atoms with Crippen LogP contribution in [0.4, 0.5) is 5.69 Å². The molecule has 3 nitrogen and oxygen atoms in total. The van der Waals surface area contributed by atoms with E-state index >= 15 is 0 Å². The van der Waals surface area contributed by atoms with Crippen LogP contribution in [0.3, 0.4) is 0 Å². The Labute approximate surface area is 76.0 Å². The van der Waals surface area contributed by atoms with E-state index in [0.29, 0.717) is 0 Å². The van der Waals surface area contributed by atoms with Crippen LogP contribution in [-0.2, 0) is 0 Å². The van der Waals surface area contributed by atoms with Gasteiger partial charge in [-0.25, -0.2) is 4.99 Å². The second kappa shape index (κ2) is 3.11. The Morgan fingerprint density at radius 1 is 1.38 bits per heavy atom. The maximum absolute atomic E-state index is 8.53. The van der Waals surface area contributed by atoms with Crippen molar-refractivity contribution in [3.8, 4) is 6.07 Å². The predicted molar refractivity (Wildman–Crippen MR) is 51.3 cm³/mol. The second-order valence-corrected chi connectivity index (χ2v) is 2.61. The van der Waals surface area contributed by atoms with Crippen LogP contribution >= 0.6 is 0 Å². The van der Waals surface area contributed by atoms with Crippen molar-refractivity contribution in [1.82, 2.24) is 5.32 Å². The molecule has 1 aliphatic rings. The lowest BCUT2D eigenvalue weighted by molar-refractivity contribution is 1.26. The van der Waals surface area contributed by atoms with Crippen molar-refractivity contribution < 1.29 is 0 Å². The standard InChI is InChI=1S/C10H7N3/c11-6-5-10-8-3-1-2-4-9(8)12-7-13-10/h1-5,7H,(H,12,13). The molecule has 2 rings (SSSR count). The molecule has 0 aromatic heterocycles. The molecular weight excluding hydrogens is 162 g/mol. The number of hydrogen-bond donors (Lipinski definition) is 1. The minimum atomic E-state index is 0.799. The summed E-state index contributed by atoms with van der Waals surface area (Å²) in [6.07, 6.45) is 3.06. The molecule has 3 heteroatoms. The number of para-hydroxylation sites is 1. The molecule has 0 aliphatic carbocycles. The third-order valence-electron chi connectivity index (χ3n) is 1.83. The first-order valence-electron chi connectivity index (χ1n) is 3.90. The number of nitrogens with one attached hydrogen (secondary N) is 1. The van der Waals surface area contributed by atoms with Gasteiger partial charge in [0.05, 0.1) is 23.8 Å². The van der Waals surface area contributed by atoms with Crippen molar-refractivity contribution in [1.29, 1.82) is 5.26 Å². The number of rotatable bonds is 0. The van der Waals surface area contributed by atoms with Gasteiger partial charge in [-0.15, -0.1) is 0 Å². The van der Waals surface area contributed by atoms with Crippen LogP contribution in [0.1, 0.15) is 5.56 Å². The van der Waals surface area contributed by atoms with Crippen molar-refractivity contribution in [2.24, 2.45) is 4.99 Å². The van der Waals surface area contributed by atoms with E-state index in [1.54, 1.807) is 6.34 Å². The van der Waals surface area contributed by atoms with Gasteiger partial charge in [0.25, 0.3) is 0 Å². The van der Waals surface area contributed by atoms with Crippen LogP contribution in [-0.4, -0.2) is 6.34 Å². The monoisotopic (exact) mass is 169 g/mol. The molecule has 0 amide bonds.